The number of nitrogens with zero attached hydrogens (tertiary/aromatic N) is 2. The number of carbonyl (C=O) groups excluding carboxylic acids is 1. The number of methoxy groups -OCH3 is 1. The van der Waals surface area contributed by atoms with E-state index in [0.29, 0.717) is 24.4 Å². The summed E-state index contributed by atoms with van der Waals surface area (Å²) >= 11 is 0. The van der Waals surface area contributed by atoms with E-state index < -0.39 is 5.97 Å². The van der Waals surface area contributed by atoms with Crippen LogP contribution in [0, 0.1) is 6.92 Å². The molecule has 1 N–H and O–H groups in total. The number of hydrogen-bond donors (Lipinski definition) is 1. The third kappa shape index (κ3) is 4.00. The van der Waals surface area contributed by atoms with E-state index in [1.807, 2.05) is 0 Å². The predicted octanol–water partition coefficient (Wildman–Crippen LogP) is 4.63. The zero-order valence-electron chi connectivity index (χ0n) is 17.4. The Hall–Kier alpha value is -3.38. The van der Waals surface area contributed by atoms with Crippen LogP contribution < -0.4 is 10.2 Å². The highest BCUT2D eigenvalue weighted by Crippen LogP contribution is 2.35. The van der Waals surface area contributed by atoms with Gasteiger partial charge in [0.15, 0.2) is 0 Å². The van der Waals surface area contributed by atoms with E-state index in [2.05, 4.69) is 71.6 Å². The summed E-state index contributed by atoms with van der Waals surface area (Å²) in [5.74, 6) is -0.392. The Bertz CT molecular complexity index is 1050. The average Bonchev–Trinajstić information content (AvgIpc) is 3.19. The zero-order chi connectivity index (χ0) is 21.1. The minimum atomic E-state index is -0.392. The molecule has 1 aliphatic heterocycles. The highest BCUT2D eigenvalue weighted by Gasteiger charge is 2.24. The van der Waals surface area contributed by atoms with Crippen molar-refractivity contribution in [1.82, 2.24) is 4.98 Å². The fourth-order valence-corrected chi connectivity index (χ4v) is 3.63. The second-order valence-corrected chi connectivity index (χ2v) is 7.37. The number of aryl methyl sites for hydroxylation is 1. The molecule has 0 unspecified atom stereocenters. The number of hydrogen-bond acceptors (Lipinski definition) is 6. The van der Waals surface area contributed by atoms with Gasteiger partial charge in [-0.25, -0.2) is 4.79 Å². The number of fused-ring (bicyclic) bond motifs is 1. The van der Waals surface area contributed by atoms with E-state index in [0.717, 1.165) is 16.9 Å². The second kappa shape index (κ2) is 8.55. The Labute approximate surface area is 176 Å². The van der Waals surface area contributed by atoms with Crippen LogP contribution in [0.4, 0.5) is 17.1 Å². The van der Waals surface area contributed by atoms with E-state index in [1.54, 1.807) is 18.5 Å². The maximum absolute atomic E-state index is 11.9. The quantitative estimate of drug-likeness (QED) is 0.606. The number of benzene rings is 2. The van der Waals surface area contributed by atoms with Crippen molar-refractivity contribution >= 4 is 23.0 Å². The van der Waals surface area contributed by atoms with Gasteiger partial charge in [-0.2, -0.15) is 0 Å². The van der Waals surface area contributed by atoms with Gasteiger partial charge in [-0.3, -0.25) is 4.98 Å². The van der Waals surface area contributed by atoms with Crippen molar-refractivity contribution in [1.29, 1.82) is 0 Å². The van der Waals surface area contributed by atoms with Crippen molar-refractivity contribution in [2.75, 3.05) is 30.9 Å². The number of ether oxygens (including phenoxy) is 2. The number of carbonyl (C=O) groups is 1. The lowest BCUT2D eigenvalue weighted by Crippen LogP contribution is -2.15. The first-order valence-corrected chi connectivity index (χ1v) is 9.88. The fourth-order valence-electron chi connectivity index (χ4n) is 3.63. The Morgan fingerprint density at radius 1 is 1.20 bits per heavy atom. The number of aromatic nitrogens is 1. The zero-order valence-corrected chi connectivity index (χ0v) is 17.4. The van der Waals surface area contributed by atoms with Gasteiger partial charge < -0.3 is 19.7 Å². The summed E-state index contributed by atoms with van der Waals surface area (Å²) in [7, 11) is 3.44. The van der Waals surface area contributed by atoms with Gasteiger partial charge in [0.1, 0.15) is 6.10 Å². The van der Waals surface area contributed by atoms with Gasteiger partial charge in [0.2, 0.25) is 0 Å². The molecule has 0 bridgehead atoms. The van der Waals surface area contributed by atoms with Crippen molar-refractivity contribution in [3.05, 3.63) is 83.2 Å². The Morgan fingerprint density at radius 3 is 2.73 bits per heavy atom. The molecule has 0 saturated heterocycles. The number of rotatable bonds is 6. The molecule has 1 atom stereocenters. The summed E-state index contributed by atoms with van der Waals surface area (Å²) in [6, 6.07) is 16.5. The van der Waals surface area contributed by atoms with Gasteiger partial charge in [0.05, 0.1) is 31.2 Å². The monoisotopic (exact) mass is 403 g/mol. The molecule has 0 aliphatic carbocycles. The summed E-state index contributed by atoms with van der Waals surface area (Å²) in [6.45, 7) is 3.19. The van der Waals surface area contributed by atoms with E-state index >= 15 is 0 Å². The molecule has 1 aromatic heterocycles. The van der Waals surface area contributed by atoms with Crippen molar-refractivity contribution < 1.29 is 14.3 Å². The lowest BCUT2D eigenvalue weighted by molar-refractivity contribution is 0.0600. The summed E-state index contributed by atoms with van der Waals surface area (Å²) in [5, 5.41) is 3.28. The number of esters is 1. The van der Waals surface area contributed by atoms with Gasteiger partial charge in [-0.05, 0) is 48.4 Å². The highest BCUT2D eigenvalue weighted by molar-refractivity contribution is 5.95. The molecule has 2 aromatic carbocycles. The first-order valence-electron chi connectivity index (χ1n) is 9.88. The largest absolute Gasteiger partial charge is 0.465 e. The van der Waals surface area contributed by atoms with Crippen LogP contribution in [0.2, 0.25) is 0 Å². The van der Waals surface area contributed by atoms with Gasteiger partial charge >= 0.3 is 5.97 Å². The maximum atomic E-state index is 11.9. The molecule has 154 valence electrons. The van der Waals surface area contributed by atoms with Gasteiger partial charge in [-0.1, -0.05) is 23.8 Å². The number of pyridine rings is 1. The molecule has 0 radical (unpaired) electrons. The minimum absolute atomic E-state index is 0.0931. The van der Waals surface area contributed by atoms with Crippen LogP contribution in [0.5, 0.6) is 0 Å². The molecular weight excluding hydrogens is 378 g/mol. The van der Waals surface area contributed by atoms with E-state index in [-0.39, 0.29) is 6.10 Å². The fraction of sp³-hybridized carbons (Fsp3) is 0.250. The molecule has 1 aliphatic rings. The standard InChI is InChI=1S/C24H25N3O3/c1-16-4-6-18(7-5-16)27(2)19-8-9-20-17(12-19)15-30-23(20)14-26-22-13-25-11-10-21(22)24(28)29-3/h4-13,23,26H,14-15H2,1-3H3/t23-/m1/s1. The first kappa shape index (κ1) is 19.9. The third-order valence-corrected chi connectivity index (χ3v) is 5.43. The van der Waals surface area contributed by atoms with Gasteiger partial charge in [0, 0.05) is 31.2 Å². The number of nitrogens with one attached hydrogen (secondary N) is 1. The summed E-state index contributed by atoms with van der Waals surface area (Å²) in [5.41, 5.74) is 6.94. The predicted molar refractivity (Wildman–Crippen MR) is 117 cm³/mol. The Morgan fingerprint density at radius 2 is 1.97 bits per heavy atom. The molecule has 30 heavy (non-hydrogen) atoms. The van der Waals surface area contributed by atoms with Crippen molar-refractivity contribution in [2.24, 2.45) is 0 Å². The van der Waals surface area contributed by atoms with Crippen LogP contribution in [-0.4, -0.2) is 31.7 Å². The maximum Gasteiger partial charge on any atom is 0.340 e. The van der Waals surface area contributed by atoms with E-state index in [1.165, 1.54) is 18.2 Å². The van der Waals surface area contributed by atoms with Crippen LogP contribution >= 0.6 is 0 Å². The molecule has 3 aromatic rings. The molecule has 0 amide bonds. The van der Waals surface area contributed by atoms with Gasteiger partial charge in [0.25, 0.3) is 0 Å². The lowest BCUT2D eigenvalue weighted by Gasteiger charge is -2.21. The summed E-state index contributed by atoms with van der Waals surface area (Å²) in [4.78, 5) is 18.2. The molecule has 2 heterocycles. The number of anilines is 3. The molecular formula is C24H25N3O3. The SMILES string of the molecule is COC(=O)c1ccncc1NC[C@H]1OCc2cc(N(C)c3ccc(C)cc3)ccc21. The molecule has 0 saturated carbocycles. The Kier molecular flexibility index (Phi) is 5.68. The second-order valence-electron chi connectivity index (χ2n) is 7.37. The Balaban J connectivity index is 1.48. The van der Waals surface area contributed by atoms with Crippen molar-refractivity contribution in [3.63, 3.8) is 0 Å². The molecule has 4 rings (SSSR count). The van der Waals surface area contributed by atoms with Crippen LogP contribution in [0.25, 0.3) is 0 Å². The summed E-state index contributed by atoms with van der Waals surface area (Å²) < 4.78 is 10.9. The molecule has 0 spiro atoms. The van der Waals surface area contributed by atoms with Gasteiger partial charge in [-0.15, -0.1) is 0 Å². The van der Waals surface area contributed by atoms with Crippen LogP contribution in [0.1, 0.15) is 33.2 Å². The molecule has 6 heteroatoms. The van der Waals surface area contributed by atoms with Crippen LogP contribution in [0.3, 0.4) is 0 Å². The molecule has 6 nitrogen and oxygen atoms in total. The van der Waals surface area contributed by atoms with Crippen LogP contribution in [-0.2, 0) is 16.1 Å². The normalized spacial score (nSPS) is 14.8. The van der Waals surface area contributed by atoms with E-state index in [4.69, 9.17) is 9.47 Å². The molecule has 0 fully saturated rings. The lowest BCUT2D eigenvalue weighted by atomic mass is 10.0. The third-order valence-electron chi connectivity index (χ3n) is 5.43. The smallest absolute Gasteiger partial charge is 0.340 e. The van der Waals surface area contributed by atoms with Crippen molar-refractivity contribution in [3.8, 4) is 0 Å². The average molecular weight is 403 g/mol. The first-order chi connectivity index (χ1) is 14.6. The van der Waals surface area contributed by atoms with E-state index in [9.17, 15) is 4.79 Å². The van der Waals surface area contributed by atoms with Crippen LogP contribution in [0.15, 0.2) is 60.9 Å². The minimum Gasteiger partial charge on any atom is -0.465 e. The topological polar surface area (TPSA) is 63.7 Å². The summed E-state index contributed by atoms with van der Waals surface area (Å²) in [6.07, 6.45) is 3.11. The van der Waals surface area contributed by atoms with Crippen molar-refractivity contribution in [2.45, 2.75) is 19.6 Å². The highest BCUT2D eigenvalue weighted by atomic mass is 16.5.